The third kappa shape index (κ3) is 62.5. The second-order valence-electron chi connectivity index (χ2n) is 20.9. The minimum absolute atomic E-state index is 0.0816. The number of carbonyl (C=O) groups excluding carboxylic acids is 3. The molecule has 6 heteroatoms. The van der Waals surface area contributed by atoms with Crippen LogP contribution in [0.5, 0.6) is 0 Å². The van der Waals surface area contributed by atoms with E-state index in [9.17, 15) is 14.4 Å². The van der Waals surface area contributed by atoms with Crippen molar-refractivity contribution in [1.29, 1.82) is 0 Å². The third-order valence-corrected chi connectivity index (χ3v) is 13.5. The Bertz CT molecular complexity index is 1600. The smallest absolute Gasteiger partial charge is 0.306 e. The Morgan fingerprint density at radius 3 is 0.792 bits per heavy atom. The molecule has 0 bridgehead atoms. The van der Waals surface area contributed by atoms with E-state index in [4.69, 9.17) is 14.2 Å². The quantitative estimate of drug-likeness (QED) is 0.0261. The zero-order valence-electron chi connectivity index (χ0n) is 50.2. The fraction of sp³-hybridized carbons (Fsp3) is 0.676. The molecular formula is C71H118O6. The van der Waals surface area contributed by atoms with Crippen LogP contribution in [-0.4, -0.2) is 37.2 Å². The molecule has 0 spiro atoms. The molecule has 0 amide bonds. The van der Waals surface area contributed by atoms with Crippen LogP contribution in [0.25, 0.3) is 0 Å². The third-order valence-electron chi connectivity index (χ3n) is 13.5. The lowest BCUT2D eigenvalue weighted by Gasteiger charge is -2.18. The summed E-state index contributed by atoms with van der Waals surface area (Å²) in [5.74, 6) is -0.894. The van der Waals surface area contributed by atoms with Crippen LogP contribution in [0.1, 0.15) is 290 Å². The van der Waals surface area contributed by atoms with Gasteiger partial charge in [0.2, 0.25) is 0 Å². The molecule has 0 aromatic rings. The highest BCUT2D eigenvalue weighted by Gasteiger charge is 2.19. The molecule has 0 aliphatic rings. The Morgan fingerprint density at radius 2 is 0.506 bits per heavy atom. The molecule has 0 saturated carbocycles. The van der Waals surface area contributed by atoms with E-state index in [0.717, 1.165) is 128 Å². The molecule has 0 N–H and O–H groups in total. The number of rotatable bonds is 57. The van der Waals surface area contributed by atoms with Gasteiger partial charge in [-0.1, -0.05) is 284 Å². The number of allylic oxidation sites excluding steroid dienone is 20. The normalized spacial score (nSPS) is 12.9. The molecule has 1 atom stereocenters. The maximum absolute atomic E-state index is 12.9. The molecule has 0 saturated heterocycles. The van der Waals surface area contributed by atoms with Crippen molar-refractivity contribution in [2.45, 2.75) is 297 Å². The average molecular weight is 1070 g/mol. The van der Waals surface area contributed by atoms with Gasteiger partial charge in [-0.05, 0) is 109 Å². The Morgan fingerprint density at radius 1 is 0.273 bits per heavy atom. The maximum atomic E-state index is 12.9. The van der Waals surface area contributed by atoms with Crippen LogP contribution in [0, 0.1) is 0 Å². The van der Waals surface area contributed by atoms with Gasteiger partial charge in [-0.15, -0.1) is 0 Å². The van der Waals surface area contributed by atoms with Gasteiger partial charge in [0, 0.05) is 19.3 Å². The van der Waals surface area contributed by atoms with Gasteiger partial charge in [-0.2, -0.15) is 0 Å². The largest absolute Gasteiger partial charge is 0.462 e. The molecule has 0 aromatic heterocycles. The van der Waals surface area contributed by atoms with Gasteiger partial charge in [-0.3, -0.25) is 14.4 Å². The van der Waals surface area contributed by atoms with E-state index < -0.39 is 6.10 Å². The van der Waals surface area contributed by atoms with Crippen molar-refractivity contribution >= 4 is 17.9 Å². The van der Waals surface area contributed by atoms with E-state index in [0.29, 0.717) is 19.3 Å². The summed E-state index contributed by atoms with van der Waals surface area (Å²) in [6, 6.07) is 0. The molecule has 0 radical (unpaired) electrons. The number of unbranched alkanes of at least 4 members (excludes halogenated alkanes) is 26. The van der Waals surface area contributed by atoms with Crippen LogP contribution in [0.2, 0.25) is 0 Å². The van der Waals surface area contributed by atoms with E-state index in [1.165, 1.54) is 122 Å². The van der Waals surface area contributed by atoms with Crippen LogP contribution >= 0.6 is 0 Å². The first-order valence-corrected chi connectivity index (χ1v) is 32.0. The van der Waals surface area contributed by atoms with E-state index in [2.05, 4.69) is 142 Å². The lowest BCUT2D eigenvalue weighted by molar-refractivity contribution is -0.167. The van der Waals surface area contributed by atoms with Gasteiger partial charge in [0.25, 0.3) is 0 Å². The molecule has 438 valence electrons. The molecule has 0 heterocycles. The summed E-state index contributed by atoms with van der Waals surface area (Å²) < 4.78 is 16.8. The SMILES string of the molecule is CC/C=C\C/C=C\C/C=C\C/C=C\C/C=C\C/C=C\CCCCCCCCCCC(=O)OCC(COC(=O)CCCCCCCCC)OC(=O)CCCCCCCCCCCCCC/C=C\C/C=C\C/C=C\C/C=C\CC. The molecular weight excluding hydrogens is 949 g/mol. The van der Waals surface area contributed by atoms with Crippen molar-refractivity contribution in [3.63, 3.8) is 0 Å². The van der Waals surface area contributed by atoms with Gasteiger partial charge < -0.3 is 14.2 Å². The molecule has 1 unspecified atom stereocenters. The van der Waals surface area contributed by atoms with Crippen LogP contribution in [0.15, 0.2) is 122 Å². The number of ether oxygens (including phenoxy) is 3. The summed E-state index contributed by atoms with van der Waals surface area (Å²) in [4.78, 5) is 38.1. The summed E-state index contributed by atoms with van der Waals surface area (Å²) in [6.45, 7) is 6.38. The van der Waals surface area contributed by atoms with Crippen molar-refractivity contribution < 1.29 is 28.6 Å². The molecule has 0 rings (SSSR count). The average Bonchev–Trinajstić information content (AvgIpc) is 3.43. The van der Waals surface area contributed by atoms with E-state index in [1.54, 1.807) is 0 Å². The number of hydrogen-bond donors (Lipinski definition) is 0. The second-order valence-corrected chi connectivity index (χ2v) is 20.9. The molecule has 0 aliphatic carbocycles. The predicted molar refractivity (Wildman–Crippen MR) is 334 cm³/mol. The Hall–Kier alpha value is -4.19. The van der Waals surface area contributed by atoms with Gasteiger partial charge >= 0.3 is 17.9 Å². The highest BCUT2D eigenvalue weighted by atomic mass is 16.6. The standard InChI is InChI=1S/C71H118O6/c1-4-7-10-13-16-18-20-22-24-26-28-30-32-34-35-37-38-40-42-44-46-48-50-52-55-58-61-64-70(73)76-67-68(66-75-69(72)63-60-57-54-15-12-9-6-3)77-71(74)65-62-59-56-53-51-49-47-45-43-41-39-36-33-31-29-27-25-23-21-19-17-14-11-8-5-2/h7-8,10-11,16-19,22-25,28-31,34-35,38,40,68H,4-6,9,12-15,20-21,26-27,32-33,36-37,39,41-67H2,1-3H3/b10-7-,11-8-,18-16-,19-17-,24-22-,25-23-,30-28-,31-29-,35-34-,40-38-. The van der Waals surface area contributed by atoms with Gasteiger partial charge in [-0.25, -0.2) is 0 Å². The Labute approximate surface area is 475 Å². The molecule has 0 fully saturated rings. The van der Waals surface area contributed by atoms with Crippen molar-refractivity contribution in [2.24, 2.45) is 0 Å². The van der Waals surface area contributed by atoms with E-state index in [-0.39, 0.29) is 31.1 Å². The van der Waals surface area contributed by atoms with Gasteiger partial charge in [0.05, 0.1) is 0 Å². The van der Waals surface area contributed by atoms with E-state index >= 15 is 0 Å². The zero-order valence-corrected chi connectivity index (χ0v) is 50.2. The monoisotopic (exact) mass is 1070 g/mol. The van der Waals surface area contributed by atoms with Crippen LogP contribution < -0.4 is 0 Å². The number of hydrogen-bond acceptors (Lipinski definition) is 6. The minimum atomic E-state index is -0.783. The van der Waals surface area contributed by atoms with Crippen LogP contribution in [0.4, 0.5) is 0 Å². The first-order valence-electron chi connectivity index (χ1n) is 32.0. The highest BCUT2D eigenvalue weighted by Crippen LogP contribution is 2.16. The van der Waals surface area contributed by atoms with Crippen molar-refractivity contribution in [3.05, 3.63) is 122 Å². The maximum Gasteiger partial charge on any atom is 0.306 e. The Balaban J connectivity index is 4.17. The zero-order chi connectivity index (χ0) is 55.7. The predicted octanol–water partition coefficient (Wildman–Crippen LogP) is 22.0. The molecule has 77 heavy (non-hydrogen) atoms. The van der Waals surface area contributed by atoms with Crippen LogP contribution in [-0.2, 0) is 28.6 Å². The Kier molecular flexibility index (Phi) is 60.8. The first kappa shape index (κ1) is 72.8. The first-order chi connectivity index (χ1) is 38.0. The summed E-state index contributed by atoms with van der Waals surface area (Å²) in [6.07, 6.45) is 89.4. The summed E-state index contributed by atoms with van der Waals surface area (Å²) >= 11 is 0. The molecule has 0 aliphatic heterocycles. The topological polar surface area (TPSA) is 78.9 Å². The fourth-order valence-corrected chi connectivity index (χ4v) is 8.73. The molecule has 6 nitrogen and oxygen atoms in total. The van der Waals surface area contributed by atoms with Crippen molar-refractivity contribution in [1.82, 2.24) is 0 Å². The van der Waals surface area contributed by atoms with Crippen LogP contribution in [0.3, 0.4) is 0 Å². The van der Waals surface area contributed by atoms with E-state index in [1.807, 2.05) is 0 Å². The minimum Gasteiger partial charge on any atom is -0.462 e. The molecule has 0 aromatic carbocycles. The highest BCUT2D eigenvalue weighted by molar-refractivity contribution is 5.71. The van der Waals surface area contributed by atoms with Crippen molar-refractivity contribution in [3.8, 4) is 0 Å². The summed E-state index contributed by atoms with van der Waals surface area (Å²) in [5.41, 5.74) is 0. The number of carbonyl (C=O) groups is 3. The second kappa shape index (κ2) is 64.3. The number of esters is 3. The summed E-state index contributed by atoms with van der Waals surface area (Å²) in [5, 5.41) is 0. The summed E-state index contributed by atoms with van der Waals surface area (Å²) in [7, 11) is 0. The van der Waals surface area contributed by atoms with Crippen molar-refractivity contribution in [2.75, 3.05) is 13.2 Å². The van der Waals surface area contributed by atoms with Gasteiger partial charge in [0.15, 0.2) is 6.10 Å². The lowest BCUT2D eigenvalue weighted by atomic mass is 10.0. The fourth-order valence-electron chi connectivity index (χ4n) is 8.73. The van der Waals surface area contributed by atoms with Gasteiger partial charge in [0.1, 0.15) is 13.2 Å². The lowest BCUT2D eigenvalue weighted by Crippen LogP contribution is -2.30.